The highest BCUT2D eigenvalue weighted by Crippen LogP contribution is 2.31. The Hall–Kier alpha value is -3.97. The lowest BCUT2D eigenvalue weighted by Gasteiger charge is -2.10. The maximum Gasteiger partial charge on any atom is 0.205 e. The summed E-state index contributed by atoms with van der Waals surface area (Å²) in [5, 5.41) is 1.31. The van der Waals surface area contributed by atoms with Crippen molar-refractivity contribution in [1.82, 2.24) is 9.97 Å². The molecular weight excluding hydrogens is 336 g/mol. The summed E-state index contributed by atoms with van der Waals surface area (Å²) in [6.07, 6.45) is 1.66. The van der Waals surface area contributed by atoms with Gasteiger partial charge in [0.2, 0.25) is 5.43 Å². The minimum atomic E-state index is -0.157. The summed E-state index contributed by atoms with van der Waals surface area (Å²) in [4.78, 5) is 22.0. The van der Waals surface area contributed by atoms with Crippen LogP contribution in [0.2, 0.25) is 0 Å². The molecular formula is C23H12N2O2. The predicted octanol–water partition coefficient (Wildman–Crippen LogP) is 4.24. The molecule has 0 bridgehead atoms. The molecule has 1 aromatic heterocycles. The van der Waals surface area contributed by atoms with E-state index in [1.807, 2.05) is 48.5 Å². The third-order valence-electron chi connectivity index (χ3n) is 4.38. The molecule has 1 aliphatic heterocycles. The van der Waals surface area contributed by atoms with E-state index >= 15 is 0 Å². The molecule has 0 atom stereocenters. The Morgan fingerprint density at radius 2 is 1.59 bits per heavy atom. The van der Waals surface area contributed by atoms with E-state index < -0.39 is 0 Å². The summed E-state index contributed by atoms with van der Waals surface area (Å²) >= 11 is 0. The minimum Gasteiger partial charge on any atom is -0.450 e. The van der Waals surface area contributed by atoms with E-state index in [0.29, 0.717) is 33.6 Å². The Bertz CT molecular complexity index is 1390. The first-order valence-electron chi connectivity index (χ1n) is 8.48. The Balaban J connectivity index is 1.91. The van der Waals surface area contributed by atoms with Gasteiger partial charge in [0.05, 0.1) is 0 Å². The molecule has 126 valence electrons. The number of pyridine rings is 1. The van der Waals surface area contributed by atoms with Crippen LogP contribution in [0.25, 0.3) is 33.5 Å². The highest BCUT2D eigenvalue weighted by molar-refractivity contribution is 5.98. The normalized spacial score (nSPS) is 10.8. The van der Waals surface area contributed by atoms with Crippen molar-refractivity contribution in [2.24, 2.45) is 0 Å². The zero-order chi connectivity index (χ0) is 18.2. The molecule has 3 aromatic rings. The Morgan fingerprint density at radius 3 is 2.44 bits per heavy atom. The number of aromatic nitrogens is 2. The van der Waals surface area contributed by atoms with E-state index in [1.165, 1.54) is 0 Å². The molecule has 4 heteroatoms. The van der Waals surface area contributed by atoms with E-state index in [2.05, 4.69) is 21.8 Å². The van der Waals surface area contributed by atoms with Gasteiger partial charge in [0.1, 0.15) is 11.3 Å². The van der Waals surface area contributed by atoms with E-state index in [1.54, 1.807) is 24.4 Å². The van der Waals surface area contributed by atoms with Gasteiger partial charge < -0.3 is 4.42 Å². The molecule has 2 aromatic carbocycles. The van der Waals surface area contributed by atoms with Crippen molar-refractivity contribution < 1.29 is 4.42 Å². The summed E-state index contributed by atoms with van der Waals surface area (Å²) in [6.45, 7) is 0. The van der Waals surface area contributed by atoms with Crippen LogP contribution in [0.1, 0.15) is 11.1 Å². The molecule has 0 saturated heterocycles. The van der Waals surface area contributed by atoms with E-state index in [-0.39, 0.29) is 5.43 Å². The molecule has 0 saturated carbocycles. The topological polar surface area (TPSA) is 56.0 Å². The van der Waals surface area contributed by atoms with Crippen LogP contribution in [0.3, 0.4) is 0 Å². The fourth-order valence-corrected chi connectivity index (χ4v) is 3.11. The molecule has 0 radical (unpaired) electrons. The van der Waals surface area contributed by atoms with Crippen molar-refractivity contribution in [2.75, 3.05) is 0 Å². The lowest BCUT2D eigenvalue weighted by atomic mass is 9.99. The fourth-order valence-electron chi connectivity index (χ4n) is 3.11. The van der Waals surface area contributed by atoms with Gasteiger partial charge in [-0.1, -0.05) is 54.3 Å². The van der Waals surface area contributed by atoms with E-state index in [9.17, 15) is 4.79 Å². The summed E-state index contributed by atoms with van der Waals surface area (Å²) in [7, 11) is 0. The first-order chi connectivity index (χ1) is 13.3. The highest BCUT2D eigenvalue weighted by Gasteiger charge is 2.21. The second-order valence-corrected chi connectivity index (χ2v) is 6.08. The van der Waals surface area contributed by atoms with Gasteiger partial charge in [-0.25, -0.2) is 9.97 Å². The Labute approximate surface area is 154 Å². The maximum atomic E-state index is 13.1. The summed E-state index contributed by atoms with van der Waals surface area (Å²) in [6, 6.07) is 20.5. The first kappa shape index (κ1) is 15.3. The van der Waals surface area contributed by atoms with Crippen LogP contribution >= 0.6 is 0 Å². The Kier molecular flexibility index (Phi) is 3.44. The SMILES string of the molecule is O=c1c(C#Cc2ccccc2)c2oc3cccnc3nc-2c2ccccc12. The van der Waals surface area contributed by atoms with Crippen LogP contribution in [0.5, 0.6) is 0 Å². The number of fused-ring (bicyclic) bond motifs is 4. The molecule has 2 heterocycles. The van der Waals surface area contributed by atoms with E-state index in [0.717, 1.165) is 10.9 Å². The zero-order valence-electron chi connectivity index (χ0n) is 14.1. The summed E-state index contributed by atoms with van der Waals surface area (Å²) in [5.74, 6) is 6.46. The molecule has 0 unspecified atom stereocenters. The number of hydrogen-bond acceptors (Lipinski definition) is 4. The van der Waals surface area contributed by atoms with Crippen LogP contribution in [-0.2, 0) is 0 Å². The first-order valence-corrected chi connectivity index (χ1v) is 8.48. The molecule has 0 fully saturated rings. The van der Waals surface area contributed by atoms with Crippen LogP contribution in [0, 0.1) is 11.8 Å². The van der Waals surface area contributed by atoms with Crippen molar-refractivity contribution in [2.45, 2.75) is 0 Å². The maximum absolute atomic E-state index is 13.1. The van der Waals surface area contributed by atoms with E-state index in [4.69, 9.17) is 4.42 Å². The quantitative estimate of drug-likeness (QED) is 0.239. The van der Waals surface area contributed by atoms with Gasteiger partial charge in [0.25, 0.3) is 0 Å². The lowest BCUT2D eigenvalue weighted by Crippen LogP contribution is -2.11. The predicted molar refractivity (Wildman–Crippen MR) is 105 cm³/mol. The largest absolute Gasteiger partial charge is 0.450 e. The van der Waals surface area contributed by atoms with Crippen LogP contribution < -0.4 is 5.43 Å². The number of hydrogen-bond donors (Lipinski definition) is 0. The second kappa shape index (κ2) is 6.08. The molecule has 0 spiro atoms. The van der Waals surface area contributed by atoms with Crippen molar-refractivity contribution in [3.63, 3.8) is 0 Å². The van der Waals surface area contributed by atoms with Gasteiger partial charge >= 0.3 is 0 Å². The average Bonchev–Trinajstić information content (AvgIpc) is 2.73. The Morgan fingerprint density at radius 1 is 0.815 bits per heavy atom. The number of benzene rings is 3. The van der Waals surface area contributed by atoms with Crippen molar-refractivity contribution in [3.8, 4) is 23.3 Å². The molecule has 5 rings (SSSR count). The number of rotatable bonds is 0. The molecule has 4 nitrogen and oxygen atoms in total. The molecule has 2 aliphatic rings. The monoisotopic (exact) mass is 348 g/mol. The van der Waals surface area contributed by atoms with Gasteiger partial charge in [0, 0.05) is 22.5 Å². The van der Waals surface area contributed by atoms with Crippen molar-refractivity contribution in [1.29, 1.82) is 0 Å². The van der Waals surface area contributed by atoms with Crippen LogP contribution in [0.15, 0.2) is 82.1 Å². The smallest absolute Gasteiger partial charge is 0.205 e. The second-order valence-electron chi connectivity index (χ2n) is 6.08. The van der Waals surface area contributed by atoms with Crippen molar-refractivity contribution in [3.05, 3.63) is 94.3 Å². The average molecular weight is 348 g/mol. The van der Waals surface area contributed by atoms with Gasteiger partial charge in [-0.15, -0.1) is 0 Å². The molecule has 27 heavy (non-hydrogen) atoms. The third kappa shape index (κ3) is 2.54. The third-order valence-corrected chi connectivity index (χ3v) is 4.38. The highest BCUT2D eigenvalue weighted by atomic mass is 16.3. The molecule has 0 amide bonds. The standard InChI is InChI=1S/C23H12N2O2/c26-21-17-10-5-4-9-16(17)20-22(27-19-11-6-14-24-23(19)25-20)18(21)13-12-15-7-2-1-3-8-15/h1-11,14H. The summed E-state index contributed by atoms with van der Waals surface area (Å²) < 4.78 is 6.03. The van der Waals surface area contributed by atoms with Gasteiger partial charge in [0.15, 0.2) is 17.0 Å². The van der Waals surface area contributed by atoms with Gasteiger partial charge in [-0.05, 0) is 24.3 Å². The van der Waals surface area contributed by atoms with Crippen molar-refractivity contribution >= 4 is 22.0 Å². The fraction of sp³-hybridized carbons (Fsp3) is 0. The minimum absolute atomic E-state index is 0.157. The van der Waals surface area contributed by atoms with Gasteiger partial charge in [-0.2, -0.15) is 0 Å². The lowest BCUT2D eigenvalue weighted by molar-refractivity contribution is 0.610. The summed E-state index contributed by atoms with van der Waals surface area (Å²) in [5.41, 5.74) is 2.58. The molecule has 1 aliphatic carbocycles. The number of nitrogens with zero attached hydrogens (tertiary/aromatic N) is 2. The van der Waals surface area contributed by atoms with Gasteiger partial charge in [-0.3, -0.25) is 4.79 Å². The van der Waals surface area contributed by atoms with Crippen LogP contribution in [-0.4, -0.2) is 9.97 Å². The molecule has 0 N–H and O–H groups in total. The van der Waals surface area contributed by atoms with Crippen LogP contribution in [0.4, 0.5) is 0 Å². The zero-order valence-corrected chi connectivity index (χ0v) is 14.1.